The molecule has 132 valence electrons. The van der Waals surface area contributed by atoms with E-state index in [1.807, 2.05) is 24.3 Å². The van der Waals surface area contributed by atoms with Crippen LogP contribution in [0.25, 0.3) is 0 Å². The van der Waals surface area contributed by atoms with Gasteiger partial charge in [0, 0.05) is 5.02 Å². The van der Waals surface area contributed by atoms with Gasteiger partial charge < -0.3 is 20.1 Å². The number of carbonyl (C=O) groups excluding carboxylic acids is 1. The lowest BCUT2D eigenvalue weighted by atomic mass is 10.2. The Bertz CT molecular complexity index is 736. The fourth-order valence-electron chi connectivity index (χ4n) is 2.57. The number of hydrogen-bond donors (Lipinski definition) is 2. The monoisotopic (exact) mass is 360 g/mol. The van der Waals surface area contributed by atoms with Gasteiger partial charge in [-0.1, -0.05) is 23.7 Å². The van der Waals surface area contributed by atoms with Crippen LogP contribution in [0.1, 0.15) is 19.3 Å². The Kier molecular flexibility index (Phi) is 6.14. The van der Waals surface area contributed by atoms with Crippen LogP contribution in [0.3, 0.4) is 0 Å². The number of anilines is 1. The van der Waals surface area contributed by atoms with Crippen LogP contribution in [0.15, 0.2) is 42.5 Å². The second-order valence-electron chi connectivity index (χ2n) is 5.82. The third-order valence-electron chi connectivity index (χ3n) is 3.83. The molecule has 1 aliphatic rings. The Hall–Kier alpha value is -2.24. The molecule has 0 fully saturated rings. The highest BCUT2D eigenvalue weighted by atomic mass is 35.5. The molecule has 2 aromatic rings. The fourth-order valence-corrected chi connectivity index (χ4v) is 2.74. The SMILES string of the molecule is O=C1CNCCCCCOc2ccccc2Oc2ccc(Cl)cc2N1. The number of fused-ring (bicyclic) bond motifs is 2. The third-order valence-corrected chi connectivity index (χ3v) is 4.06. The summed E-state index contributed by atoms with van der Waals surface area (Å²) < 4.78 is 11.9. The molecule has 1 aliphatic heterocycles. The lowest BCUT2D eigenvalue weighted by Gasteiger charge is -2.15. The normalized spacial score (nSPS) is 16.1. The topological polar surface area (TPSA) is 59.6 Å². The largest absolute Gasteiger partial charge is 0.490 e. The molecule has 2 aromatic carbocycles. The molecule has 2 N–H and O–H groups in total. The van der Waals surface area contributed by atoms with Crippen molar-refractivity contribution in [3.05, 3.63) is 47.5 Å². The summed E-state index contributed by atoms with van der Waals surface area (Å²) in [6.07, 6.45) is 2.99. The molecule has 0 saturated carbocycles. The molecule has 3 rings (SSSR count). The van der Waals surface area contributed by atoms with Crippen molar-refractivity contribution < 1.29 is 14.3 Å². The zero-order chi connectivity index (χ0) is 17.5. The first-order valence-corrected chi connectivity index (χ1v) is 8.80. The van der Waals surface area contributed by atoms with E-state index in [1.54, 1.807) is 18.2 Å². The predicted octanol–water partition coefficient (Wildman–Crippen LogP) is 4.22. The second-order valence-corrected chi connectivity index (χ2v) is 6.26. The highest BCUT2D eigenvalue weighted by Gasteiger charge is 2.13. The molecule has 0 spiro atoms. The predicted molar refractivity (Wildman–Crippen MR) is 98.8 cm³/mol. The molecule has 6 heteroatoms. The molecule has 5 nitrogen and oxygen atoms in total. The van der Waals surface area contributed by atoms with Gasteiger partial charge in [0.2, 0.25) is 5.91 Å². The first-order valence-electron chi connectivity index (χ1n) is 8.42. The molecule has 0 saturated heterocycles. The van der Waals surface area contributed by atoms with E-state index < -0.39 is 0 Å². The van der Waals surface area contributed by atoms with Crippen LogP contribution in [0.2, 0.25) is 5.02 Å². The lowest BCUT2D eigenvalue weighted by molar-refractivity contribution is -0.115. The molecular weight excluding hydrogens is 340 g/mol. The minimum Gasteiger partial charge on any atom is -0.490 e. The molecule has 0 radical (unpaired) electrons. The zero-order valence-electron chi connectivity index (χ0n) is 13.9. The van der Waals surface area contributed by atoms with Crippen molar-refractivity contribution >= 4 is 23.2 Å². The maximum Gasteiger partial charge on any atom is 0.238 e. The molecule has 0 aromatic heterocycles. The quantitative estimate of drug-likeness (QED) is 0.738. The summed E-state index contributed by atoms with van der Waals surface area (Å²) in [6.45, 7) is 1.67. The van der Waals surface area contributed by atoms with E-state index in [2.05, 4.69) is 10.6 Å². The van der Waals surface area contributed by atoms with E-state index in [9.17, 15) is 4.79 Å². The van der Waals surface area contributed by atoms with Gasteiger partial charge in [0.1, 0.15) is 0 Å². The van der Waals surface area contributed by atoms with Gasteiger partial charge in [-0.3, -0.25) is 4.79 Å². The van der Waals surface area contributed by atoms with Gasteiger partial charge in [0.25, 0.3) is 0 Å². The first-order chi connectivity index (χ1) is 12.2. The number of nitrogens with one attached hydrogen (secondary N) is 2. The number of benzene rings is 2. The van der Waals surface area contributed by atoms with Gasteiger partial charge in [-0.15, -0.1) is 0 Å². The van der Waals surface area contributed by atoms with Crippen molar-refractivity contribution in [3.63, 3.8) is 0 Å². The molecule has 0 unspecified atom stereocenters. The van der Waals surface area contributed by atoms with E-state index in [1.165, 1.54) is 0 Å². The van der Waals surface area contributed by atoms with Crippen molar-refractivity contribution in [1.29, 1.82) is 0 Å². The Morgan fingerprint density at radius 1 is 0.960 bits per heavy atom. The van der Waals surface area contributed by atoms with Crippen molar-refractivity contribution in [2.45, 2.75) is 19.3 Å². The first kappa shape index (κ1) is 17.6. The third kappa shape index (κ3) is 5.11. The summed E-state index contributed by atoms with van der Waals surface area (Å²) in [5.41, 5.74) is 0.531. The van der Waals surface area contributed by atoms with Crippen LogP contribution in [0.5, 0.6) is 17.2 Å². The van der Waals surface area contributed by atoms with E-state index in [4.69, 9.17) is 21.1 Å². The highest BCUT2D eigenvalue weighted by Crippen LogP contribution is 2.36. The summed E-state index contributed by atoms with van der Waals surface area (Å²) in [4.78, 5) is 12.1. The van der Waals surface area contributed by atoms with Crippen LogP contribution in [-0.4, -0.2) is 25.6 Å². The van der Waals surface area contributed by atoms with Crippen LogP contribution in [-0.2, 0) is 4.79 Å². The molecule has 25 heavy (non-hydrogen) atoms. The minimum atomic E-state index is -0.133. The second kappa shape index (κ2) is 8.74. The number of hydrogen-bond acceptors (Lipinski definition) is 4. The fraction of sp³-hybridized carbons (Fsp3) is 0.316. The smallest absolute Gasteiger partial charge is 0.238 e. The number of para-hydroxylation sites is 2. The molecule has 0 bridgehead atoms. The van der Waals surface area contributed by atoms with Crippen LogP contribution >= 0.6 is 11.6 Å². The van der Waals surface area contributed by atoms with Crippen LogP contribution in [0, 0.1) is 0 Å². The zero-order valence-corrected chi connectivity index (χ0v) is 14.6. The summed E-state index contributed by atoms with van der Waals surface area (Å²) in [7, 11) is 0. The van der Waals surface area contributed by atoms with Gasteiger partial charge in [0.05, 0.1) is 18.8 Å². The maximum atomic E-state index is 12.1. The number of halogens is 1. The van der Waals surface area contributed by atoms with Gasteiger partial charge in [-0.25, -0.2) is 0 Å². The number of ether oxygens (including phenoxy) is 2. The van der Waals surface area contributed by atoms with Crippen molar-refractivity contribution in [2.75, 3.05) is 25.0 Å². The average Bonchev–Trinajstić information content (AvgIpc) is 2.60. The summed E-state index contributed by atoms with van der Waals surface area (Å²) >= 11 is 6.07. The van der Waals surface area contributed by atoms with Crippen LogP contribution < -0.4 is 20.1 Å². The summed E-state index contributed by atoms with van der Waals surface area (Å²) in [5.74, 6) is 1.67. The Morgan fingerprint density at radius 2 is 1.80 bits per heavy atom. The van der Waals surface area contributed by atoms with Crippen molar-refractivity contribution in [2.24, 2.45) is 0 Å². The number of carbonyl (C=O) groups is 1. The standard InChI is InChI=1S/C19H21ClN2O3/c20-14-8-9-16-15(12-14)22-19(23)13-21-10-4-1-5-11-24-17-6-2-3-7-18(17)25-16/h2-3,6-9,12,21H,1,4-5,10-11,13H2,(H,22,23). The van der Waals surface area contributed by atoms with E-state index in [0.29, 0.717) is 34.6 Å². The summed E-state index contributed by atoms with van der Waals surface area (Å²) in [5, 5.41) is 6.52. The van der Waals surface area contributed by atoms with Crippen molar-refractivity contribution in [3.8, 4) is 17.2 Å². The molecule has 1 heterocycles. The Balaban J connectivity index is 1.90. The average molecular weight is 361 g/mol. The molecule has 1 amide bonds. The Labute approximate surface area is 152 Å². The number of rotatable bonds is 0. The lowest BCUT2D eigenvalue weighted by Crippen LogP contribution is -2.28. The van der Waals surface area contributed by atoms with Crippen LogP contribution in [0.4, 0.5) is 5.69 Å². The van der Waals surface area contributed by atoms with E-state index in [-0.39, 0.29) is 12.5 Å². The molecule has 0 aliphatic carbocycles. The highest BCUT2D eigenvalue weighted by molar-refractivity contribution is 6.31. The maximum absolute atomic E-state index is 12.1. The van der Waals surface area contributed by atoms with Crippen molar-refractivity contribution in [1.82, 2.24) is 5.32 Å². The molecular formula is C19H21ClN2O3. The number of amides is 1. The van der Waals surface area contributed by atoms with Gasteiger partial charge >= 0.3 is 0 Å². The van der Waals surface area contributed by atoms with E-state index >= 15 is 0 Å². The van der Waals surface area contributed by atoms with Gasteiger partial charge in [0.15, 0.2) is 17.2 Å². The van der Waals surface area contributed by atoms with E-state index in [0.717, 1.165) is 25.8 Å². The van der Waals surface area contributed by atoms with Gasteiger partial charge in [-0.2, -0.15) is 0 Å². The van der Waals surface area contributed by atoms with Gasteiger partial charge in [-0.05, 0) is 56.1 Å². The Morgan fingerprint density at radius 3 is 2.68 bits per heavy atom. The minimum absolute atomic E-state index is 0.133. The molecule has 0 atom stereocenters. The summed E-state index contributed by atoms with van der Waals surface area (Å²) in [6, 6.07) is 12.6.